The van der Waals surface area contributed by atoms with Gasteiger partial charge in [0, 0.05) is 33.2 Å². The molecule has 4 rings (SSSR count). The van der Waals surface area contributed by atoms with Gasteiger partial charge in [0.05, 0.1) is 10.3 Å². The molecule has 5 heteroatoms. The van der Waals surface area contributed by atoms with Gasteiger partial charge in [-0.1, -0.05) is 24.3 Å². The number of sulfone groups is 1. The average Bonchev–Trinajstić information content (AvgIpc) is 3.13. The molecule has 0 atom stereocenters. The predicted molar refractivity (Wildman–Crippen MR) is 123 cm³/mol. The van der Waals surface area contributed by atoms with Crippen LogP contribution in [-0.2, 0) is 14.6 Å². The van der Waals surface area contributed by atoms with Gasteiger partial charge in [0.1, 0.15) is 0 Å². The zero-order valence-corrected chi connectivity index (χ0v) is 18.6. The van der Waals surface area contributed by atoms with Gasteiger partial charge in [-0.05, 0) is 73.9 Å². The summed E-state index contributed by atoms with van der Waals surface area (Å²) < 4.78 is 23.9. The summed E-state index contributed by atoms with van der Waals surface area (Å²) in [5.41, 5.74) is 4.78. The van der Waals surface area contributed by atoms with E-state index in [-0.39, 0.29) is 0 Å². The van der Waals surface area contributed by atoms with Gasteiger partial charge < -0.3 is 0 Å². The summed E-state index contributed by atoms with van der Waals surface area (Å²) in [7, 11) is -3.29. The number of benzene rings is 2. The van der Waals surface area contributed by atoms with E-state index in [1.807, 2.05) is 30.3 Å². The minimum Gasteiger partial charge on any atom is -0.256 e. The molecule has 0 aliphatic heterocycles. The van der Waals surface area contributed by atoms with Crippen LogP contribution in [0.5, 0.6) is 0 Å². The number of pyridine rings is 1. The average molecular weight is 422 g/mol. The minimum atomic E-state index is -3.29. The van der Waals surface area contributed by atoms with Gasteiger partial charge in [0.15, 0.2) is 9.84 Å². The van der Waals surface area contributed by atoms with Crippen molar-refractivity contribution < 1.29 is 8.42 Å². The van der Waals surface area contributed by atoms with Crippen molar-refractivity contribution >= 4 is 32.1 Å². The Kier molecular flexibility index (Phi) is 4.83. The van der Waals surface area contributed by atoms with Crippen LogP contribution in [0.2, 0.25) is 0 Å². The van der Waals surface area contributed by atoms with E-state index in [4.69, 9.17) is 0 Å². The highest BCUT2D eigenvalue weighted by atomic mass is 32.2. The number of thiophene rings is 1. The maximum atomic E-state index is 12.5. The number of fused-ring (bicyclic) bond motifs is 1. The lowest BCUT2D eigenvalue weighted by atomic mass is 9.93. The normalized spacial score (nSPS) is 12.4. The van der Waals surface area contributed by atoms with Gasteiger partial charge in [-0.15, -0.1) is 11.3 Å². The third-order valence-corrected chi connectivity index (χ3v) is 8.66. The van der Waals surface area contributed by atoms with E-state index in [0.717, 1.165) is 33.2 Å². The lowest BCUT2D eigenvalue weighted by Crippen LogP contribution is -2.28. The molecule has 3 nitrogen and oxygen atoms in total. The number of aryl methyl sites for hydroxylation is 1. The van der Waals surface area contributed by atoms with Crippen LogP contribution >= 0.6 is 11.3 Å². The third kappa shape index (κ3) is 3.61. The molecule has 0 saturated heterocycles. The number of nitrogens with zero attached hydrogens (tertiary/aromatic N) is 1. The number of aromatic nitrogens is 1. The van der Waals surface area contributed by atoms with Gasteiger partial charge in [-0.3, -0.25) is 4.98 Å². The minimum absolute atomic E-state index is 0.771. The second-order valence-electron chi connectivity index (χ2n) is 7.87. The second kappa shape index (κ2) is 7.08. The van der Waals surface area contributed by atoms with Crippen LogP contribution in [-0.4, -0.2) is 19.7 Å². The summed E-state index contributed by atoms with van der Waals surface area (Å²) >= 11 is 1.76. The summed E-state index contributed by atoms with van der Waals surface area (Å²) in [6.45, 7) is 5.62. The van der Waals surface area contributed by atoms with Crippen LogP contribution in [0.4, 0.5) is 0 Å². The zero-order chi connectivity index (χ0) is 20.8. The molecule has 148 valence electrons. The molecule has 0 bridgehead atoms. The molecule has 2 aromatic carbocycles. The topological polar surface area (TPSA) is 47.0 Å². The third-order valence-electron chi connectivity index (χ3n) is 5.53. The van der Waals surface area contributed by atoms with Crippen LogP contribution < -0.4 is 0 Å². The fourth-order valence-corrected chi connectivity index (χ4v) is 4.81. The van der Waals surface area contributed by atoms with E-state index >= 15 is 0 Å². The molecule has 0 aliphatic rings. The van der Waals surface area contributed by atoms with Gasteiger partial charge >= 0.3 is 0 Å². The number of hydrogen-bond acceptors (Lipinski definition) is 4. The van der Waals surface area contributed by atoms with Crippen molar-refractivity contribution in [2.45, 2.75) is 25.5 Å². The quantitative estimate of drug-likeness (QED) is 0.393. The molecule has 0 fully saturated rings. The smallest absolute Gasteiger partial charge is 0.156 e. The van der Waals surface area contributed by atoms with E-state index in [1.165, 1.54) is 16.0 Å². The standard InChI is InChI=1S/C24H23NO2S2/c1-16-10-11-22(28-16)18-8-5-7-17(13-18)21-15-20(24(2,3)29(4,26)27)14-19-9-6-12-25-23(19)21/h5-15H,1-4H3. The van der Waals surface area contributed by atoms with Crippen molar-refractivity contribution in [2.75, 3.05) is 6.26 Å². The molecule has 2 heterocycles. The van der Waals surface area contributed by atoms with E-state index in [1.54, 1.807) is 31.4 Å². The largest absolute Gasteiger partial charge is 0.256 e. The summed E-state index contributed by atoms with van der Waals surface area (Å²) in [6, 6.07) is 20.4. The molecule has 0 unspecified atom stereocenters. The Bertz CT molecular complexity index is 1320. The maximum absolute atomic E-state index is 12.5. The molecular weight excluding hydrogens is 398 g/mol. The summed E-state index contributed by atoms with van der Waals surface area (Å²) in [5.74, 6) is 0. The van der Waals surface area contributed by atoms with Crippen molar-refractivity contribution in [1.82, 2.24) is 4.98 Å². The first-order valence-electron chi connectivity index (χ1n) is 9.43. The fraction of sp³-hybridized carbons (Fsp3) is 0.208. The van der Waals surface area contributed by atoms with Gasteiger partial charge in [-0.2, -0.15) is 0 Å². The molecular formula is C24H23NO2S2. The number of hydrogen-bond donors (Lipinski definition) is 0. The molecule has 4 aromatic rings. The zero-order valence-electron chi connectivity index (χ0n) is 16.9. The van der Waals surface area contributed by atoms with Crippen LogP contribution in [0, 0.1) is 6.92 Å². The van der Waals surface area contributed by atoms with Crippen LogP contribution in [0.25, 0.3) is 32.5 Å². The molecule has 0 radical (unpaired) electrons. The second-order valence-corrected chi connectivity index (χ2v) is 11.7. The Balaban J connectivity index is 1.96. The Morgan fingerprint density at radius 3 is 2.38 bits per heavy atom. The van der Waals surface area contributed by atoms with Crippen molar-refractivity contribution in [3.05, 3.63) is 77.3 Å². The van der Waals surface area contributed by atoms with E-state index in [0.29, 0.717) is 0 Å². The fourth-order valence-electron chi connectivity index (χ4n) is 3.40. The van der Waals surface area contributed by atoms with Crippen LogP contribution in [0.3, 0.4) is 0 Å². The summed E-state index contributed by atoms with van der Waals surface area (Å²) in [6.07, 6.45) is 3.07. The SMILES string of the molecule is Cc1ccc(-c2cccc(-c3cc(C(C)(C)S(C)(=O)=O)cc4cccnc34)c2)s1. The molecule has 29 heavy (non-hydrogen) atoms. The highest BCUT2D eigenvalue weighted by Gasteiger charge is 2.33. The molecule has 0 spiro atoms. The number of rotatable bonds is 4. The summed E-state index contributed by atoms with van der Waals surface area (Å²) in [4.78, 5) is 7.09. The Labute approximate surface area is 176 Å². The lowest BCUT2D eigenvalue weighted by molar-refractivity contribution is 0.561. The van der Waals surface area contributed by atoms with E-state index in [2.05, 4.69) is 42.2 Å². The highest BCUT2D eigenvalue weighted by Crippen LogP contribution is 2.38. The Morgan fingerprint density at radius 1 is 0.931 bits per heavy atom. The molecule has 2 aromatic heterocycles. The van der Waals surface area contributed by atoms with Crippen molar-refractivity contribution in [2.24, 2.45) is 0 Å². The molecule has 0 aliphatic carbocycles. The van der Waals surface area contributed by atoms with Crippen LogP contribution in [0.15, 0.2) is 66.9 Å². The summed E-state index contributed by atoms with van der Waals surface area (Å²) in [5, 5.41) is 0.939. The first kappa shape index (κ1) is 19.8. The Morgan fingerprint density at radius 2 is 1.69 bits per heavy atom. The first-order valence-corrected chi connectivity index (χ1v) is 12.1. The predicted octanol–water partition coefficient (Wildman–Crippen LogP) is 6.22. The van der Waals surface area contributed by atoms with Gasteiger partial charge in [0.2, 0.25) is 0 Å². The molecule has 0 saturated carbocycles. The van der Waals surface area contributed by atoms with E-state index < -0.39 is 14.6 Å². The van der Waals surface area contributed by atoms with Gasteiger partial charge in [-0.25, -0.2) is 8.42 Å². The monoisotopic (exact) mass is 421 g/mol. The first-order chi connectivity index (χ1) is 13.7. The Hall–Kier alpha value is -2.50. The van der Waals surface area contributed by atoms with Crippen LogP contribution in [0.1, 0.15) is 24.3 Å². The van der Waals surface area contributed by atoms with Gasteiger partial charge in [0.25, 0.3) is 0 Å². The highest BCUT2D eigenvalue weighted by molar-refractivity contribution is 7.91. The van der Waals surface area contributed by atoms with Crippen molar-refractivity contribution in [3.63, 3.8) is 0 Å². The van der Waals surface area contributed by atoms with E-state index in [9.17, 15) is 8.42 Å². The molecule has 0 amide bonds. The lowest BCUT2D eigenvalue weighted by Gasteiger charge is -2.24. The molecule has 0 N–H and O–H groups in total. The van der Waals surface area contributed by atoms with Crippen molar-refractivity contribution in [3.8, 4) is 21.6 Å². The van der Waals surface area contributed by atoms with Crippen molar-refractivity contribution in [1.29, 1.82) is 0 Å². The maximum Gasteiger partial charge on any atom is 0.156 e.